The van der Waals surface area contributed by atoms with Crippen molar-refractivity contribution in [2.24, 2.45) is 0 Å². The Labute approximate surface area is 76.8 Å². The van der Waals surface area contributed by atoms with Crippen LogP contribution in [0.2, 0.25) is 0 Å². The number of hydrogen-bond acceptors (Lipinski definition) is 1. The van der Waals surface area contributed by atoms with Crippen LogP contribution in [0.4, 0.5) is 0 Å². The normalized spacial score (nSPS) is 12.8. The molecule has 1 radical (unpaired) electrons. The molecule has 1 atom stereocenters. The van der Waals surface area contributed by atoms with Crippen molar-refractivity contribution in [2.45, 2.75) is 52.1 Å². The Morgan fingerprint density at radius 3 is 2.75 bits per heavy atom. The lowest BCUT2D eigenvalue weighted by molar-refractivity contribution is 0.0584. The summed E-state index contributed by atoms with van der Waals surface area (Å²) >= 11 is 0. The lowest BCUT2D eigenvalue weighted by Crippen LogP contribution is -2.08. The molecule has 0 aliphatic heterocycles. The van der Waals surface area contributed by atoms with Crippen LogP contribution in [-0.2, 0) is 4.74 Å². The van der Waals surface area contributed by atoms with Gasteiger partial charge in [0.05, 0.1) is 6.10 Å². The van der Waals surface area contributed by atoms with Crippen molar-refractivity contribution in [1.29, 1.82) is 0 Å². The second-order valence-electron chi connectivity index (χ2n) is 3.20. The van der Waals surface area contributed by atoms with E-state index in [0.717, 1.165) is 19.4 Å². The molecule has 0 spiro atoms. The third-order valence-electron chi connectivity index (χ3n) is 1.89. The first-order chi connectivity index (χ1) is 5.81. The topological polar surface area (TPSA) is 9.23 Å². The summed E-state index contributed by atoms with van der Waals surface area (Å²) in [7, 11) is 0. The molecule has 0 amide bonds. The van der Waals surface area contributed by atoms with E-state index in [1.54, 1.807) is 6.08 Å². The summed E-state index contributed by atoms with van der Waals surface area (Å²) in [6.45, 7) is 10.5. The van der Waals surface area contributed by atoms with Crippen molar-refractivity contribution < 1.29 is 4.74 Å². The van der Waals surface area contributed by atoms with Crippen LogP contribution < -0.4 is 0 Å². The standard InChI is InChI=1S/C11H21O/c1-4-6-8-10-12-11(3)9-7-5-2/h2,5,11H,4,6-10H2,1,3H3. The van der Waals surface area contributed by atoms with Gasteiger partial charge in [-0.15, -0.1) is 0 Å². The number of hydrogen-bond donors (Lipinski definition) is 0. The first kappa shape index (κ1) is 11.7. The van der Waals surface area contributed by atoms with Crippen LogP contribution in [0.5, 0.6) is 0 Å². The molecule has 1 unspecified atom stereocenters. The van der Waals surface area contributed by atoms with Crippen LogP contribution >= 0.6 is 0 Å². The van der Waals surface area contributed by atoms with Gasteiger partial charge >= 0.3 is 0 Å². The molecule has 0 saturated heterocycles. The van der Waals surface area contributed by atoms with Crippen molar-refractivity contribution in [3.63, 3.8) is 0 Å². The summed E-state index contributed by atoms with van der Waals surface area (Å²) in [5, 5.41) is 0. The number of rotatable bonds is 8. The van der Waals surface area contributed by atoms with Gasteiger partial charge in [0, 0.05) is 6.61 Å². The molecule has 0 aliphatic carbocycles. The largest absolute Gasteiger partial charge is 0.378 e. The van der Waals surface area contributed by atoms with E-state index < -0.39 is 0 Å². The highest BCUT2D eigenvalue weighted by Gasteiger charge is 1.99. The molecule has 0 saturated carbocycles. The maximum absolute atomic E-state index is 5.57. The third kappa shape index (κ3) is 7.80. The summed E-state index contributed by atoms with van der Waals surface area (Å²) in [6, 6.07) is 0. The lowest BCUT2D eigenvalue weighted by atomic mass is 10.2. The van der Waals surface area contributed by atoms with Crippen LogP contribution in [-0.4, -0.2) is 12.7 Å². The molecule has 12 heavy (non-hydrogen) atoms. The van der Waals surface area contributed by atoms with Gasteiger partial charge in [-0.25, -0.2) is 0 Å². The van der Waals surface area contributed by atoms with E-state index in [-0.39, 0.29) is 0 Å². The SMILES string of the molecule is [CH]=CCCC(C)OCCCCC. The second kappa shape index (κ2) is 8.79. The van der Waals surface area contributed by atoms with Crippen molar-refractivity contribution in [3.05, 3.63) is 12.7 Å². The first-order valence-electron chi connectivity index (χ1n) is 4.96. The molecular formula is C11H21O. The minimum Gasteiger partial charge on any atom is -0.378 e. The monoisotopic (exact) mass is 169 g/mol. The fourth-order valence-corrected chi connectivity index (χ4v) is 1.05. The van der Waals surface area contributed by atoms with Crippen molar-refractivity contribution >= 4 is 0 Å². The summed E-state index contributed by atoms with van der Waals surface area (Å²) in [4.78, 5) is 0. The van der Waals surface area contributed by atoms with Crippen molar-refractivity contribution in [1.82, 2.24) is 0 Å². The molecule has 0 bridgehead atoms. The minimum absolute atomic E-state index is 0.363. The molecule has 71 valence electrons. The fraction of sp³-hybridized carbons (Fsp3) is 0.818. The predicted molar refractivity (Wildman–Crippen MR) is 53.0 cm³/mol. The molecule has 1 heteroatoms. The van der Waals surface area contributed by atoms with Gasteiger partial charge in [0.1, 0.15) is 0 Å². The molecule has 0 N–H and O–H groups in total. The van der Waals surface area contributed by atoms with Gasteiger partial charge in [0.25, 0.3) is 0 Å². The zero-order valence-electron chi connectivity index (χ0n) is 8.38. The molecule has 0 aromatic heterocycles. The average molecular weight is 169 g/mol. The fourth-order valence-electron chi connectivity index (χ4n) is 1.05. The molecule has 1 nitrogen and oxygen atoms in total. The number of allylic oxidation sites excluding steroid dienone is 1. The van der Waals surface area contributed by atoms with Crippen molar-refractivity contribution in [2.75, 3.05) is 6.61 Å². The zero-order valence-corrected chi connectivity index (χ0v) is 8.38. The average Bonchev–Trinajstić information content (AvgIpc) is 2.09. The van der Waals surface area contributed by atoms with Gasteiger partial charge in [-0.05, 0) is 26.2 Å². The van der Waals surface area contributed by atoms with E-state index in [1.807, 2.05) is 0 Å². The lowest BCUT2D eigenvalue weighted by Gasteiger charge is -2.11. The first-order valence-corrected chi connectivity index (χ1v) is 4.96. The third-order valence-corrected chi connectivity index (χ3v) is 1.89. The quantitative estimate of drug-likeness (QED) is 0.506. The van der Waals surface area contributed by atoms with E-state index >= 15 is 0 Å². The van der Waals surface area contributed by atoms with E-state index in [9.17, 15) is 0 Å². The van der Waals surface area contributed by atoms with Crippen LogP contribution in [0.3, 0.4) is 0 Å². The van der Waals surface area contributed by atoms with Gasteiger partial charge in [-0.2, -0.15) is 0 Å². The Morgan fingerprint density at radius 1 is 1.42 bits per heavy atom. The smallest absolute Gasteiger partial charge is 0.0549 e. The van der Waals surface area contributed by atoms with Crippen LogP contribution in [0, 0.1) is 6.58 Å². The number of unbranched alkanes of at least 4 members (excludes halogenated alkanes) is 2. The van der Waals surface area contributed by atoms with E-state index in [1.165, 1.54) is 19.3 Å². The van der Waals surface area contributed by atoms with Gasteiger partial charge in [0.15, 0.2) is 0 Å². The van der Waals surface area contributed by atoms with Crippen LogP contribution in [0.1, 0.15) is 46.0 Å². The molecule has 0 fully saturated rings. The summed E-state index contributed by atoms with van der Waals surface area (Å²) in [6.07, 6.45) is 7.78. The van der Waals surface area contributed by atoms with E-state index in [4.69, 9.17) is 11.3 Å². The van der Waals surface area contributed by atoms with Gasteiger partial charge in [-0.1, -0.05) is 32.4 Å². The maximum Gasteiger partial charge on any atom is 0.0549 e. The Morgan fingerprint density at radius 2 is 2.17 bits per heavy atom. The molecule has 0 rings (SSSR count). The van der Waals surface area contributed by atoms with Crippen LogP contribution in [0.15, 0.2) is 6.08 Å². The molecule has 0 aromatic carbocycles. The molecule has 0 aliphatic rings. The Kier molecular flexibility index (Phi) is 8.57. The number of ether oxygens (including phenoxy) is 1. The zero-order chi connectivity index (χ0) is 9.23. The van der Waals surface area contributed by atoms with Crippen LogP contribution in [0.25, 0.3) is 0 Å². The summed E-state index contributed by atoms with van der Waals surface area (Å²) in [5.41, 5.74) is 0. The van der Waals surface area contributed by atoms with Gasteiger partial charge in [-0.3, -0.25) is 0 Å². The molecule has 0 aromatic rings. The Balaban J connectivity index is 3.07. The highest BCUT2D eigenvalue weighted by atomic mass is 16.5. The predicted octanol–water partition coefficient (Wildman–Crippen LogP) is 3.35. The minimum atomic E-state index is 0.363. The molecule has 0 heterocycles. The summed E-state index contributed by atoms with van der Waals surface area (Å²) < 4.78 is 5.57. The second-order valence-corrected chi connectivity index (χ2v) is 3.20. The van der Waals surface area contributed by atoms with Crippen molar-refractivity contribution in [3.8, 4) is 0 Å². The van der Waals surface area contributed by atoms with Gasteiger partial charge < -0.3 is 4.74 Å². The van der Waals surface area contributed by atoms with E-state index in [2.05, 4.69) is 13.8 Å². The van der Waals surface area contributed by atoms with E-state index in [0.29, 0.717) is 6.10 Å². The van der Waals surface area contributed by atoms with Gasteiger partial charge in [0.2, 0.25) is 0 Å². The highest BCUT2D eigenvalue weighted by molar-refractivity contribution is 4.64. The Hall–Kier alpha value is -0.300. The molecular weight excluding hydrogens is 148 g/mol. The maximum atomic E-state index is 5.57. The summed E-state index contributed by atoms with van der Waals surface area (Å²) in [5.74, 6) is 0. The Bertz CT molecular complexity index is 99.2. The highest BCUT2D eigenvalue weighted by Crippen LogP contribution is 2.03.